The summed E-state index contributed by atoms with van der Waals surface area (Å²) in [5.74, 6) is 0.238. The van der Waals surface area contributed by atoms with Crippen molar-refractivity contribution in [1.29, 1.82) is 5.41 Å². The van der Waals surface area contributed by atoms with E-state index in [-0.39, 0.29) is 22.5 Å². The molecule has 0 aliphatic rings. The second-order valence-corrected chi connectivity index (χ2v) is 8.59. The molecule has 5 rings (SSSR count). The molecule has 4 N–H and O–H groups in total. The van der Waals surface area contributed by atoms with Gasteiger partial charge in [0.2, 0.25) is 5.43 Å². The summed E-state index contributed by atoms with van der Waals surface area (Å²) in [5.41, 5.74) is 8.70. The average Bonchev–Trinajstić information content (AvgIpc) is 2.88. The van der Waals surface area contributed by atoms with Crippen molar-refractivity contribution < 1.29 is 8.81 Å². The van der Waals surface area contributed by atoms with E-state index in [0.717, 1.165) is 5.69 Å². The Morgan fingerprint density at radius 3 is 2.68 bits per heavy atom. The molecule has 184 valence electrons. The van der Waals surface area contributed by atoms with E-state index in [9.17, 15) is 9.18 Å². The molecule has 0 radical (unpaired) electrons. The lowest BCUT2D eigenvalue weighted by Gasteiger charge is -2.20. The average molecular weight is 495 g/mol. The number of nitrogens with zero attached hydrogens (tertiary/aromatic N) is 3. The molecule has 8 nitrogen and oxygen atoms in total. The van der Waals surface area contributed by atoms with Crippen LogP contribution in [-0.2, 0) is 0 Å². The number of nitrogens with two attached hydrogens (primary N) is 1. The van der Waals surface area contributed by atoms with Crippen molar-refractivity contribution in [1.82, 2.24) is 15.0 Å². The summed E-state index contributed by atoms with van der Waals surface area (Å²) in [4.78, 5) is 26.2. The van der Waals surface area contributed by atoms with Gasteiger partial charge in [-0.1, -0.05) is 24.3 Å². The van der Waals surface area contributed by atoms with E-state index in [1.165, 1.54) is 18.5 Å². The zero-order valence-corrected chi connectivity index (χ0v) is 20.1. The number of aryl methyl sites for hydroxylation is 1. The van der Waals surface area contributed by atoms with Crippen LogP contribution in [0.5, 0.6) is 0 Å². The van der Waals surface area contributed by atoms with Crippen molar-refractivity contribution in [3.05, 3.63) is 112 Å². The van der Waals surface area contributed by atoms with Crippen molar-refractivity contribution in [2.45, 2.75) is 19.9 Å². The quantitative estimate of drug-likeness (QED) is 0.274. The van der Waals surface area contributed by atoms with Gasteiger partial charge >= 0.3 is 0 Å². The number of rotatable bonds is 6. The van der Waals surface area contributed by atoms with Crippen LogP contribution in [0.1, 0.15) is 35.5 Å². The van der Waals surface area contributed by atoms with Crippen molar-refractivity contribution in [3.8, 4) is 11.1 Å². The van der Waals surface area contributed by atoms with Gasteiger partial charge < -0.3 is 15.5 Å². The molecule has 0 amide bonds. The van der Waals surface area contributed by atoms with Crippen molar-refractivity contribution in [2.75, 3.05) is 11.1 Å². The second kappa shape index (κ2) is 9.62. The largest absolute Gasteiger partial charge is 0.458 e. The first kappa shape index (κ1) is 23.8. The van der Waals surface area contributed by atoms with E-state index in [4.69, 9.17) is 15.6 Å². The van der Waals surface area contributed by atoms with Crippen LogP contribution in [0.15, 0.2) is 82.4 Å². The lowest BCUT2D eigenvalue weighted by Crippen LogP contribution is -2.19. The third kappa shape index (κ3) is 4.54. The molecule has 0 aliphatic heterocycles. The van der Waals surface area contributed by atoms with Gasteiger partial charge in [-0.2, -0.15) is 0 Å². The molecular weight excluding hydrogens is 471 g/mol. The number of hydrogen-bond acceptors (Lipinski definition) is 8. The van der Waals surface area contributed by atoms with Crippen LogP contribution in [0.2, 0.25) is 0 Å². The van der Waals surface area contributed by atoms with Crippen LogP contribution >= 0.6 is 0 Å². The smallest absolute Gasteiger partial charge is 0.200 e. The molecule has 2 aromatic carbocycles. The maximum absolute atomic E-state index is 14.1. The number of para-hydroxylation sites is 1. The topological polar surface area (TPSA) is 131 Å². The summed E-state index contributed by atoms with van der Waals surface area (Å²) >= 11 is 0. The Kier molecular flexibility index (Phi) is 6.19. The van der Waals surface area contributed by atoms with Gasteiger partial charge in [-0.25, -0.2) is 14.4 Å². The van der Waals surface area contributed by atoms with E-state index in [1.807, 2.05) is 6.92 Å². The van der Waals surface area contributed by atoms with Gasteiger partial charge in [-0.15, -0.1) is 0 Å². The monoisotopic (exact) mass is 494 g/mol. The van der Waals surface area contributed by atoms with E-state index < -0.39 is 11.9 Å². The van der Waals surface area contributed by atoms with Crippen molar-refractivity contribution in [3.63, 3.8) is 0 Å². The summed E-state index contributed by atoms with van der Waals surface area (Å²) < 4.78 is 20.4. The highest BCUT2D eigenvalue weighted by Gasteiger charge is 2.24. The maximum Gasteiger partial charge on any atom is 0.200 e. The summed E-state index contributed by atoms with van der Waals surface area (Å²) in [5, 5.41) is 12.4. The number of anilines is 2. The minimum atomic E-state index is -0.615. The predicted octanol–water partition coefficient (Wildman–Crippen LogP) is 5.26. The van der Waals surface area contributed by atoms with Gasteiger partial charge in [0.1, 0.15) is 35.1 Å². The first-order valence-electron chi connectivity index (χ1n) is 11.5. The highest BCUT2D eigenvalue weighted by Crippen LogP contribution is 2.32. The molecule has 0 saturated heterocycles. The highest BCUT2D eigenvalue weighted by molar-refractivity contribution is 6.16. The zero-order chi connectivity index (χ0) is 26.1. The number of pyridine rings is 1. The Morgan fingerprint density at radius 1 is 1.08 bits per heavy atom. The van der Waals surface area contributed by atoms with Gasteiger partial charge in [-0.05, 0) is 55.8 Å². The second-order valence-electron chi connectivity index (χ2n) is 8.59. The Labute approximate surface area is 211 Å². The van der Waals surface area contributed by atoms with Gasteiger partial charge in [-0.3, -0.25) is 15.2 Å². The molecule has 0 spiro atoms. The van der Waals surface area contributed by atoms with Crippen LogP contribution in [0, 0.1) is 18.2 Å². The zero-order valence-electron chi connectivity index (χ0n) is 20.1. The van der Waals surface area contributed by atoms with Crippen molar-refractivity contribution in [2.24, 2.45) is 0 Å². The Morgan fingerprint density at radius 2 is 1.89 bits per heavy atom. The third-order valence-corrected chi connectivity index (χ3v) is 6.00. The minimum Gasteiger partial charge on any atom is -0.458 e. The fourth-order valence-corrected chi connectivity index (χ4v) is 4.25. The lowest BCUT2D eigenvalue weighted by molar-refractivity contribution is 0.515. The van der Waals surface area contributed by atoms with Gasteiger partial charge in [0.05, 0.1) is 28.3 Å². The molecule has 3 heterocycles. The number of benzene rings is 2. The first-order valence-corrected chi connectivity index (χ1v) is 11.5. The lowest BCUT2D eigenvalue weighted by atomic mass is 9.98. The molecule has 1 unspecified atom stereocenters. The number of nitrogen functional groups attached to an aromatic ring is 1. The predicted molar refractivity (Wildman–Crippen MR) is 141 cm³/mol. The molecule has 0 fully saturated rings. The molecular formula is C28H23FN6O2. The summed E-state index contributed by atoms with van der Waals surface area (Å²) in [6.45, 7) is 3.62. The maximum atomic E-state index is 14.1. The van der Waals surface area contributed by atoms with Crippen LogP contribution in [0.4, 0.5) is 16.0 Å². The molecule has 0 aliphatic carbocycles. The Hall–Kier alpha value is -4.92. The number of nitrogens with one attached hydrogen (secondary N) is 2. The number of aromatic nitrogens is 3. The van der Waals surface area contributed by atoms with Crippen molar-refractivity contribution >= 4 is 28.3 Å². The molecule has 5 aromatic rings. The molecule has 0 bridgehead atoms. The third-order valence-electron chi connectivity index (χ3n) is 6.00. The standard InChI is InChI=1S/C28H23FN6O2/c1-15-12-18(10-11-32-15)24(30)23-27(31)33-14-34-28(23)35-16(2)26-22(17-6-5-7-19(29)13-17)25(36)20-8-3-4-9-21(20)37-26/h3-14,16,30H,1-2H3,(H3,31,33,34,35). The SMILES string of the molecule is Cc1cc(C(=N)c2c(N)ncnc2NC(C)c2oc3ccccc3c(=O)c2-c2cccc(F)c2)ccn1. The van der Waals surface area contributed by atoms with E-state index in [0.29, 0.717) is 39.2 Å². The number of halogens is 1. The molecule has 37 heavy (non-hydrogen) atoms. The normalized spacial score (nSPS) is 11.9. The van der Waals surface area contributed by atoms with Crippen LogP contribution in [0.3, 0.4) is 0 Å². The fourth-order valence-electron chi connectivity index (χ4n) is 4.25. The van der Waals surface area contributed by atoms with Gasteiger partial charge in [0.25, 0.3) is 0 Å². The fraction of sp³-hybridized carbons (Fsp3) is 0.107. The Balaban J connectivity index is 1.63. The van der Waals surface area contributed by atoms with Gasteiger partial charge in [0, 0.05) is 17.5 Å². The molecule has 3 aromatic heterocycles. The molecule has 9 heteroatoms. The van der Waals surface area contributed by atoms with Gasteiger partial charge in [0.15, 0.2) is 0 Å². The molecule has 1 atom stereocenters. The Bertz CT molecular complexity index is 1720. The highest BCUT2D eigenvalue weighted by atomic mass is 19.1. The van der Waals surface area contributed by atoms with E-state index in [2.05, 4.69) is 20.3 Å². The van der Waals surface area contributed by atoms with E-state index >= 15 is 0 Å². The van der Waals surface area contributed by atoms with Crippen LogP contribution in [-0.4, -0.2) is 20.7 Å². The molecule has 0 saturated carbocycles. The summed E-state index contributed by atoms with van der Waals surface area (Å²) in [6, 6.07) is 15.6. The summed E-state index contributed by atoms with van der Waals surface area (Å²) in [6.07, 6.45) is 2.91. The van der Waals surface area contributed by atoms with E-state index in [1.54, 1.807) is 61.7 Å². The number of hydrogen-bond donors (Lipinski definition) is 3. The van der Waals surface area contributed by atoms with Crippen LogP contribution in [0.25, 0.3) is 22.1 Å². The first-order chi connectivity index (χ1) is 17.8. The number of fused-ring (bicyclic) bond motifs is 1. The van der Waals surface area contributed by atoms with Crippen LogP contribution < -0.4 is 16.5 Å². The summed E-state index contributed by atoms with van der Waals surface area (Å²) in [7, 11) is 0. The minimum absolute atomic E-state index is 0.114.